The lowest BCUT2D eigenvalue weighted by Crippen LogP contribution is -2.35. The molecular formula is C41H81NO6. The molecule has 0 aliphatic rings. The van der Waals surface area contributed by atoms with Crippen LogP contribution in [0.3, 0.4) is 0 Å². The predicted octanol–water partition coefficient (Wildman–Crippen LogP) is 10.5. The van der Waals surface area contributed by atoms with E-state index in [4.69, 9.17) is 9.47 Å². The van der Waals surface area contributed by atoms with Crippen molar-refractivity contribution in [2.45, 2.75) is 219 Å². The molecule has 2 N–H and O–H groups in total. The van der Waals surface area contributed by atoms with Gasteiger partial charge in [0.15, 0.2) is 0 Å². The van der Waals surface area contributed by atoms with Gasteiger partial charge in [-0.15, -0.1) is 0 Å². The zero-order chi connectivity index (χ0) is 35.3. The normalized spacial score (nSPS) is 12.8. The van der Waals surface area contributed by atoms with Crippen molar-refractivity contribution in [2.24, 2.45) is 0 Å². The standard InChI is InChI=1S/C41H81NO6/c1-4-7-10-13-17-23-30-39(29-22-16-11-8-5-2)48-41(46)32-25-19-15-21-27-34-42(36-38(44)37-43)33-26-20-14-18-24-31-40(45)47-35-28-12-9-6-3/h38-39,43-44H,4-37H2,1-3H3. The smallest absolute Gasteiger partial charge is 0.306 e. The minimum absolute atomic E-state index is 0.0126. The van der Waals surface area contributed by atoms with Gasteiger partial charge in [-0.2, -0.15) is 0 Å². The minimum Gasteiger partial charge on any atom is -0.466 e. The van der Waals surface area contributed by atoms with Gasteiger partial charge in [-0.1, -0.05) is 136 Å². The van der Waals surface area contributed by atoms with E-state index in [0.29, 0.717) is 26.0 Å². The third kappa shape index (κ3) is 33.3. The van der Waals surface area contributed by atoms with E-state index in [1.54, 1.807) is 0 Å². The summed E-state index contributed by atoms with van der Waals surface area (Å²) >= 11 is 0. The Labute approximate surface area is 297 Å². The van der Waals surface area contributed by atoms with Crippen LogP contribution in [0.4, 0.5) is 0 Å². The van der Waals surface area contributed by atoms with Crippen molar-refractivity contribution in [3.05, 3.63) is 0 Å². The van der Waals surface area contributed by atoms with Crippen LogP contribution in [-0.4, -0.2) is 72.1 Å². The van der Waals surface area contributed by atoms with Gasteiger partial charge in [0.25, 0.3) is 0 Å². The van der Waals surface area contributed by atoms with E-state index in [1.165, 1.54) is 77.0 Å². The van der Waals surface area contributed by atoms with Crippen molar-refractivity contribution < 1.29 is 29.3 Å². The average molecular weight is 684 g/mol. The SMILES string of the molecule is CCCCCCCCC(CCCCCCC)OC(=O)CCCCCCCN(CCCCCCCC(=O)OCCCCCC)CC(O)CO. The summed E-state index contributed by atoms with van der Waals surface area (Å²) in [6.45, 7) is 9.36. The molecule has 0 radical (unpaired) electrons. The predicted molar refractivity (Wildman–Crippen MR) is 201 cm³/mol. The quantitative estimate of drug-likeness (QED) is 0.0494. The first-order valence-corrected chi connectivity index (χ1v) is 20.8. The number of aliphatic hydroxyl groups excluding tert-OH is 2. The van der Waals surface area contributed by atoms with E-state index in [0.717, 1.165) is 109 Å². The zero-order valence-electron chi connectivity index (χ0n) is 32.2. The van der Waals surface area contributed by atoms with Crippen LogP contribution in [0.5, 0.6) is 0 Å². The molecule has 0 heterocycles. The van der Waals surface area contributed by atoms with Crippen LogP contribution in [0, 0.1) is 0 Å². The molecular weight excluding hydrogens is 602 g/mol. The number of nitrogens with zero attached hydrogens (tertiary/aromatic N) is 1. The molecule has 0 bridgehead atoms. The van der Waals surface area contributed by atoms with Crippen LogP contribution in [0.25, 0.3) is 0 Å². The van der Waals surface area contributed by atoms with Crippen molar-refractivity contribution in [1.29, 1.82) is 0 Å². The van der Waals surface area contributed by atoms with Gasteiger partial charge in [0, 0.05) is 19.4 Å². The number of rotatable bonds is 38. The Morgan fingerprint density at radius 3 is 1.46 bits per heavy atom. The first-order chi connectivity index (χ1) is 23.5. The first kappa shape index (κ1) is 46.8. The fraction of sp³-hybridized carbons (Fsp3) is 0.951. The maximum absolute atomic E-state index is 12.7. The molecule has 0 aliphatic carbocycles. The number of aliphatic hydroxyl groups is 2. The Bertz CT molecular complexity index is 690. The zero-order valence-corrected chi connectivity index (χ0v) is 32.2. The van der Waals surface area contributed by atoms with Gasteiger partial charge >= 0.3 is 11.9 Å². The maximum Gasteiger partial charge on any atom is 0.306 e. The number of esters is 2. The van der Waals surface area contributed by atoms with E-state index in [1.807, 2.05) is 0 Å². The van der Waals surface area contributed by atoms with E-state index in [9.17, 15) is 19.8 Å². The topological polar surface area (TPSA) is 96.3 Å². The number of hydrogen-bond donors (Lipinski definition) is 2. The van der Waals surface area contributed by atoms with Gasteiger partial charge in [0.1, 0.15) is 6.10 Å². The van der Waals surface area contributed by atoms with Gasteiger partial charge in [0.05, 0.1) is 19.3 Å². The first-order valence-electron chi connectivity index (χ1n) is 20.8. The van der Waals surface area contributed by atoms with E-state index in [2.05, 4.69) is 25.7 Å². The van der Waals surface area contributed by atoms with E-state index >= 15 is 0 Å². The summed E-state index contributed by atoms with van der Waals surface area (Å²) in [6, 6.07) is 0. The summed E-state index contributed by atoms with van der Waals surface area (Å²) in [5.74, 6) is -0.0759. The molecule has 0 aromatic rings. The summed E-state index contributed by atoms with van der Waals surface area (Å²) in [5.41, 5.74) is 0. The number of hydrogen-bond acceptors (Lipinski definition) is 7. The Balaban J connectivity index is 4.14. The van der Waals surface area contributed by atoms with Gasteiger partial charge < -0.3 is 24.6 Å². The van der Waals surface area contributed by atoms with Crippen LogP contribution in [0.15, 0.2) is 0 Å². The summed E-state index contributed by atoms with van der Waals surface area (Å²) in [6.07, 6.45) is 31.2. The Kier molecular flexibility index (Phi) is 36.2. The summed E-state index contributed by atoms with van der Waals surface area (Å²) in [4.78, 5) is 26.8. The van der Waals surface area contributed by atoms with Crippen LogP contribution < -0.4 is 0 Å². The highest BCUT2D eigenvalue weighted by Gasteiger charge is 2.15. The number of ether oxygens (including phenoxy) is 2. The second-order valence-electron chi connectivity index (χ2n) is 14.3. The average Bonchev–Trinajstić information content (AvgIpc) is 3.08. The highest BCUT2D eigenvalue weighted by atomic mass is 16.5. The molecule has 0 spiro atoms. The van der Waals surface area contributed by atoms with Crippen LogP contribution in [0.1, 0.15) is 207 Å². The molecule has 2 atom stereocenters. The molecule has 0 fully saturated rings. The van der Waals surface area contributed by atoms with Gasteiger partial charge in [-0.05, 0) is 70.9 Å². The third-order valence-electron chi connectivity index (χ3n) is 9.46. The van der Waals surface area contributed by atoms with Gasteiger partial charge in [0.2, 0.25) is 0 Å². The van der Waals surface area contributed by atoms with Crippen molar-refractivity contribution in [3.63, 3.8) is 0 Å². The molecule has 0 saturated heterocycles. The van der Waals surface area contributed by atoms with E-state index in [-0.39, 0.29) is 24.6 Å². The van der Waals surface area contributed by atoms with Crippen molar-refractivity contribution in [1.82, 2.24) is 4.90 Å². The largest absolute Gasteiger partial charge is 0.466 e. The highest BCUT2D eigenvalue weighted by Crippen LogP contribution is 2.18. The summed E-state index contributed by atoms with van der Waals surface area (Å²) in [7, 11) is 0. The summed E-state index contributed by atoms with van der Waals surface area (Å²) in [5, 5.41) is 19.4. The molecule has 48 heavy (non-hydrogen) atoms. The van der Waals surface area contributed by atoms with Crippen molar-refractivity contribution in [2.75, 3.05) is 32.8 Å². The highest BCUT2D eigenvalue weighted by molar-refractivity contribution is 5.69. The molecule has 7 nitrogen and oxygen atoms in total. The molecule has 0 amide bonds. The maximum atomic E-state index is 12.7. The Morgan fingerprint density at radius 2 is 0.958 bits per heavy atom. The number of carbonyl (C=O) groups is 2. The minimum atomic E-state index is -0.703. The molecule has 0 aliphatic heterocycles. The molecule has 0 aromatic heterocycles. The lowest BCUT2D eigenvalue weighted by atomic mass is 10.0. The lowest BCUT2D eigenvalue weighted by Gasteiger charge is -2.24. The van der Waals surface area contributed by atoms with Crippen LogP contribution in [-0.2, 0) is 19.1 Å². The van der Waals surface area contributed by atoms with Crippen LogP contribution >= 0.6 is 0 Å². The number of unbranched alkanes of at least 4 members (excludes halogenated alkanes) is 20. The lowest BCUT2D eigenvalue weighted by molar-refractivity contribution is -0.150. The second kappa shape index (κ2) is 37.1. The second-order valence-corrected chi connectivity index (χ2v) is 14.3. The fourth-order valence-electron chi connectivity index (χ4n) is 6.34. The van der Waals surface area contributed by atoms with E-state index < -0.39 is 6.10 Å². The van der Waals surface area contributed by atoms with Gasteiger partial charge in [-0.3, -0.25) is 9.59 Å². The molecule has 7 heteroatoms. The molecule has 2 unspecified atom stereocenters. The van der Waals surface area contributed by atoms with Crippen LogP contribution in [0.2, 0.25) is 0 Å². The molecule has 0 rings (SSSR count). The molecule has 0 saturated carbocycles. The monoisotopic (exact) mass is 684 g/mol. The van der Waals surface area contributed by atoms with Crippen molar-refractivity contribution in [3.8, 4) is 0 Å². The third-order valence-corrected chi connectivity index (χ3v) is 9.46. The molecule has 286 valence electrons. The summed E-state index contributed by atoms with van der Waals surface area (Å²) < 4.78 is 11.3. The van der Waals surface area contributed by atoms with Crippen molar-refractivity contribution >= 4 is 11.9 Å². The number of carbonyl (C=O) groups excluding carboxylic acids is 2. The Morgan fingerprint density at radius 1 is 0.542 bits per heavy atom. The molecule has 0 aromatic carbocycles. The fourth-order valence-corrected chi connectivity index (χ4v) is 6.34. The Hall–Kier alpha value is -1.18. The van der Waals surface area contributed by atoms with Gasteiger partial charge in [-0.25, -0.2) is 0 Å².